The van der Waals surface area contributed by atoms with Crippen molar-refractivity contribution in [3.63, 3.8) is 0 Å². The van der Waals surface area contributed by atoms with E-state index in [0.717, 1.165) is 12.0 Å². The monoisotopic (exact) mass is 261 g/mol. The molecule has 1 fully saturated rings. The Morgan fingerprint density at radius 1 is 0.889 bits per heavy atom. The fourth-order valence-corrected chi connectivity index (χ4v) is 2.17. The molecule has 0 aromatic heterocycles. The van der Waals surface area contributed by atoms with E-state index in [4.69, 9.17) is 5.73 Å². The van der Waals surface area contributed by atoms with Crippen molar-refractivity contribution in [2.75, 3.05) is 0 Å². The van der Waals surface area contributed by atoms with Crippen molar-refractivity contribution in [3.8, 4) is 16.9 Å². The van der Waals surface area contributed by atoms with E-state index in [1.807, 2.05) is 12.1 Å². The van der Waals surface area contributed by atoms with Crippen LogP contribution < -0.4 is 5.73 Å². The molecular formula is C15H16ClNO. The first-order valence-electron chi connectivity index (χ1n) is 5.89. The number of benzene rings is 2. The number of nitrogens with two attached hydrogens (primary N) is 1. The average molecular weight is 262 g/mol. The minimum atomic E-state index is 0. The average Bonchev–Trinajstić information content (AvgIpc) is 3.08. The highest BCUT2D eigenvalue weighted by molar-refractivity contribution is 5.85. The summed E-state index contributed by atoms with van der Waals surface area (Å²) in [4.78, 5) is 0. The van der Waals surface area contributed by atoms with Crippen molar-refractivity contribution in [1.29, 1.82) is 0 Å². The van der Waals surface area contributed by atoms with E-state index in [1.54, 1.807) is 12.1 Å². The number of hydrogen-bond donors (Lipinski definition) is 2. The van der Waals surface area contributed by atoms with Crippen molar-refractivity contribution in [2.24, 2.45) is 5.73 Å². The molecule has 3 rings (SSSR count). The number of phenols is 1. The van der Waals surface area contributed by atoms with Crippen LogP contribution in [0.1, 0.15) is 17.9 Å². The Morgan fingerprint density at radius 2 is 1.33 bits per heavy atom. The molecule has 0 radical (unpaired) electrons. The van der Waals surface area contributed by atoms with E-state index >= 15 is 0 Å². The molecule has 94 valence electrons. The molecule has 2 nitrogen and oxygen atoms in total. The van der Waals surface area contributed by atoms with Gasteiger partial charge < -0.3 is 10.8 Å². The molecule has 2 unspecified atom stereocenters. The Balaban J connectivity index is 0.00000120. The maximum absolute atomic E-state index is 9.24. The van der Waals surface area contributed by atoms with Gasteiger partial charge in [0.2, 0.25) is 0 Å². The minimum absolute atomic E-state index is 0. The van der Waals surface area contributed by atoms with E-state index in [2.05, 4.69) is 24.3 Å². The molecule has 18 heavy (non-hydrogen) atoms. The van der Waals surface area contributed by atoms with Crippen molar-refractivity contribution in [2.45, 2.75) is 18.4 Å². The number of halogens is 1. The highest BCUT2D eigenvalue weighted by Crippen LogP contribution is 2.39. The van der Waals surface area contributed by atoms with Crippen LogP contribution >= 0.6 is 12.4 Å². The zero-order valence-corrected chi connectivity index (χ0v) is 10.7. The lowest BCUT2D eigenvalue weighted by Crippen LogP contribution is -2.00. The number of aromatic hydroxyl groups is 1. The van der Waals surface area contributed by atoms with Crippen molar-refractivity contribution in [3.05, 3.63) is 54.1 Å². The molecule has 3 N–H and O–H groups in total. The second kappa shape index (κ2) is 5.01. The standard InChI is InChI=1S/C15H15NO.ClH/c16-15-9-14(15)12-3-1-10(2-4-12)11-5-7-13(17)8-6-11;/h1-8,14-15,17H,9,16H2;1H. The molecule has 0 saturated heterocycles. The van der Waals surface area contributed by atoms with Gasteiger partial charge in [0.05, 0.1) is 0 Å². The van der Waals surface area contributed by atoms with Crippen molar-refractivity contribution in [1.82, 2.24) is 0 Å². The lowest BCUT2D eigenvalue weighted by Gasteiger charge is -2.04. The molecule has 0 aliphatic heterocycles. The van der Waals surface area contributed by atoms with Crippen LogP contribution in [-0.2, 0) is 0 Å². The Labute approximate surface area is 113 Å². The van der Waals surface area contributed by atoms with Crippen LogP contribution in [0.15, 0.2) is 48.5 Å². The lowest BCUT2D eigenvalue weighted by atomic mass is 10.0. The van der Waals surface area contributed by atoms with E-state index in [9.17, 15) is 5.11 Å². The van der Waals surface area contributed by atoms with Crippen LogP contribution in [0.4, 0.5) is 0 Å². The van der Waals surface area contributed by atoms with Gasteiger partial charge in [-0.05, 0) is 35.2 Å². The predicted octanol–water partition coefficient (Wildman–Crippen LogP) is 3.30. The summed E-state index contributed by atoms with van der Waals surface area (Å²) in [7, 11) is 0. The fraction of sp³-hybridized carbons (Fsp3) is 0.200. The lowest BCUT2D eigenvalue weighted by molar-refractivity contribution is 0.475. The second-order valence-corrected chi connectivity index (χ2v) is 4.67. The maximum Gasteiger partial charge on any atom is 0.115 e. The first kappa shape index (κ1) is 12.9. The Hall–Kier alpha value is -1.51. The molecule has 0 amide bonds. The summed E-state index contributed by atoms with van der Waals surface area (Å²) >= 11 is 0. The summed E-state index contributed by atoms with van der Waals surface area (Å²) in [6.07, 6.45) is 1.11. The zero-order valence-electron chi connectivity index (χ0n) is 9.91. The van der Waals surface area contributed by atoms with Crippen LogP contribution in [0.2, 0.25) is 0 Å². The third kappa shape index (κ3) is 2.50. The van der Waals surface area contributed by atoms with Crippen LogP contribution in [0.25, 0.3) is 11.1 Å². The Morgan fingerprint density at radius 3 is 1.78 bits per heavy atom. The highest BCUT2D eigenvalue weighted by Gasteiger charge is 2.34. The topological polar surface area (TPSA) is 46.2 Å². The first-order valence-corrected chi connectivity index (χ1v) is 5.89. The normalized spacial score (nSPS) is 21.2. The highest BCUT2D eigenvalue weighted by atomic mass is 35.5. The maximum atomic E-state index is 9.24. The summed E-state index contributed by atoms with van der Waals surface area (Å²) in [5, 5.41) is 9.24. The van der Waals surface area contributed by atoms with Crippen molar-refractivity contribution >= 4 is 12.4 Å². The third-order valence-corrected chi connectivity index (χ3v) is 3.38. The quantitative estimate of drug-likeness (QED) is 0.871. The van der Waals surface area contributed by atoms with Gasteiger partial charge in [-0.25, -0.2) is 0 Å². The summed E-state index contributed by atoms with van der Waals surface area (Å²) in [5.41, 5.74) is 9.46. The van der Waals surface area contributed by atoms with Crippen LogP contribution in [-0.4, -0.2) is 11.1 Å². The second-order valence-electron chi connectivity index (χ2n) is 4.67. The summed E-state index contributed by atoms with van der Waals surface area (Å²) in [5.74, 6) is 0.859. The summed E-state index contributed by atoms with van der Waals surface area (Å²) in [6, 6.07) is 16.2. The van der Waals surface area contributed by atoms with Crippen LogP contribution in [0.5, 0.6) is 5.75 Å². The Kier molecular flexibility index (Phi) is 3.60. The van der Waals surface area contributed by atoms with Crippen LogP contribution in [0, 0.1) is 0 Å². The van der Waals surface area contributed by atoms with E-state index < -0.39 is 0 Å². The zero-order chi connectivity index (χ0) is 11.8. The van der Waals surface area contributed by atoms with Gasteiger partial charge in [-0.1, -0.05) is 36.4 Å². The van der Waals surface area contributed by atoms with Gasteiger partial charge in [0.15, 0.2) is 0 Å². The minimum Gasteiger partial charge on any atom is -0.508 e. The summed E-state index contributed by atoms with van der Waals surface area (Å²) in [6.45, 7) is 0. The van der Waals surface area contributed by atoms with Gasteiger partial charge in [0.25, 0.3) is 0 Å². The SMILES string of the molecule is Cl.NC1CC1c1ccc(-c2ccc(O)cc2)cc1. The van der Waals surface area contributed by atoms with E-state index in [1.165, 1.54) is 11.1 Å². The molecule has 0 bridgehead atoms. The number of hydrogen-bond acceptors (Lipinski definition) is 2. The molecule has 2 aromatic rings. The summed E-state index contributed by atoms with van der Waals surface area (Å²) < 4.78 is 0. The molecule has 0 spiro atoms. The fourth-order valence-electron chi connectivity index (χ4n) is 2.17. The molecule has 2 atom stereocenters. The number of phenolic OH excluding ortho intramolecular Hbond substituents is 1. The molecule has 1 saturated carbocycles. The molecule has 2 aromatic carbocycles. The van der Waals surface area contributed by atoms with E-state index in [0.29, 0.717) is 17.7 Å². The van der Waals surface area contributed by atoms with Gasteiger partial charge in [-0.3, -0.25) is 0 Å². The first-order chi connectivity index (χ1) is 8.24. The molecule has 1 aliphatic carbocycles. The van der Waals surface area contributed by atoms with Crippen LogP contribution in [0.3, 0.4) is 0 Å². The van der Waals surface area contributed by atoms with Gasteiger partial charge in [-0.15, -0.1) is 12.4 Å². The van der Waals surface area contributed by atoms with E-state index in [-0.39, 0.29) is 12.4 Å². The molecule has 3 heteroatoms. The van der Waals surface area contributed by atoms with Gasteiger partial charge >= 0.3 is 0 Å². The van der Waals surface area contributed by atoms with Gasteiger partial charge in [-0.2, -0.15) is 0 Å². The molecule has 0 heterocycles. The largest absolute Gasteiger partial charge is 0.508 e. The predicted molar refractivity (Wildman–Crippen MR) is 76.1 cm³/mol. The van der Waals surface area contributed by atoms with Gasteiger partial charge in [0, 0.05) is 12.0 Å². The molecule has 1 aliphatic rings. The smallest absolute Gasteiger partial charge is 0.115 e. The third-order valence-electron chi connectivity index (χ3n) is 3.38. The molecular weight excluding hydrogens is 246 g/mol. The van der Waals surface area contributed by atoms with Gasteiger partial charge in [0.1, 0.15) is 5.75 Å². The Bertz CT molecular complexity index is 521. The number of rotatable bonds is 2. The van der Waals surface area contributed by atoms with Crippen molar-refractivity contribution < 1.29 is 5.11 Å².